The number of carbonyl (C=O) groups excluding carboxylic acids is 1. The molecule has 1 aliphatic heterocycles. The zero-order valence-corrected chi connectivity index (χ0v) is 17.7. The fourth-order valence-corrected chi connectivity index (χ4v) is 3.44. The lowest BCUT2D eigenvalue weighted by Crippen LogP contribution is -2.34. The maximum atomic E-state index is 12.0. The first-order chi connectivity index (χ1) is 13.7. The fourth-order valence-electron chi connectivity index (χ4n) is 3.44. The van der Waals surface area contributed by atoms with E-state index in [-0.39, 0.29) is 12.1 Å². The molecule has 29 heavy (non-hydrogen) atoms. The van der Waals surface area contributed by atoms with Crippen LogP contribution >= 0.6 is 0 Å². The molecule has 0 bridgehead atoms. The molecule has 0 saturated carbocycles. The van der Waals surface area contributed by atoms with E-state index < -0.39 is 11.7 Å². The molecule has 0 radical (unpaired) electrons. The van der Waals surface area contributed by atoms with Crippen molar-refractivity contribution >= 4 is 6.09 Å². The van der Waals surface area contributed by atoms with Gasteiger partial charge in [0.05, 0.1) is 17.8 Å². The van der Waals surface area contributed by atoms with Crippen molar-refractivity contribution in [1.29, 1.82) is 0 Å². The van der Waals surface area contributed by atoms with Gasteiger partial charge in [-0.05, 0) is 57.4 Å². The van der Waals surface area contributed by atoms with Crippen LogP contribution < -0.4 is 5.32 Å². The summed E-state index contributed by atoms with van der Waals surface area (Å²) in [5.41, 5.74) is 3.50. The van der Waals surface area contributed by atoms with E-state index in [4.69, 9.17) is 4.74 Å². The Morgan fingerprint density at radius 2 is 2.14 bits per heavy atom. The van der Waals surface area contributed by atoms with E-state index in [0.717, 1.165) is 48.4 Å². The highest BCUT2D eigenvalue weighted by Crippen LogP contribution is 2.23. The molecule has 0 aliphatic carbocycles. The summed E-state index contributed by atoms with van der Waals surface area (Å²) >= 11 is 0. The van der Waals surface area contributed by atoms with Crippen LogP contribution in [0.5, 0.6) is 0 Å². The van der Waals surface area contributed by atoms with Gasteiger partial charge in [0.2, 0.25) is 0 Å². The number of amides is 1. The Morgan fingerprint density at radius 3 is 2.76 bits per heavy atom. The minimum absolute atomic E-state index is 0.175. The van der Waals surface area contributed by atoms with Gasteiger partial charge in [-0.25, -0.2) is 4.79 Å². The van der Waals surface area contributed by atoms with Crippen LogP contribution in [0.2, 0.25) is 0 Å². The van der Waals surface area contributed by atoms with E-state index >= 15 is 0 Å². The predicted octanol–water partition coefficient (Wildman–Crippen LogP) is 3.90. The van der Waals surface area contributed by atoms with Crippen molar-refractivity contribution in [2.24, 2.45) is 0 Å². The number of benzene rings is 1. The quantitative estimate of drug-likeness (QED) is 0.800. The standard InChI is InChI=1S/C23H31N3O3/c1-16(25-22(28)29-23(2,3)4)18-6-5-7-19(12-18)21-9-8-17(13-24-21)14-26-11-10-20(27)15-26/h5-9,12-13,16,20,27H,10-11,14-15H2,1-4H3,(H,25,28)/t16?,20-/m0/s1. The third kappa shape index (κ3) is 6.27. The highest BCUT2D eigenvalue weighted by atomic mass is 16.6. The van der Waals surface area contributed by atoms with Gasteiger partial charge >= 0.3 is 6.09 Å². The van der Waals surface area contributed by atoms with Crippen LogP contribution in [-0.4, -0.2) is 45.9 Å². The number of carbonyl (C=O) groups is 1. The van der Waals surface area contributed by atoms with E-state index in [1.54, 1.807) is 0 Å². The third-order valence-corrected chi connectivity index (χ3v) is 4.89. The smallest absolute Gasteiger partial charge is 0.408 e. The van der Waals surface area contributed by atoms with Crippen LogP contribution in [0.4, 0.5) is 4.79 Å². The van der Waals surface area contributed by atoms with Gasteiger partial charge in [-0.1, -0.05) is 24.3 Å². The second kappa shape index (κ2) is 8.93. The van der Waals surface area contributed by atoms with Crippen LogP contribution in [0.25, 0.3) is 11.3 Å². The molecule has 6 nitrogen and oxygen atoms in total. The number of aliphatic hydroxyl groups excluding tert-OH is 1. The number of hydrogen-bond donors (Lipinski definition) is 2. The van der Waals surface area contributed by atoms with Crippen molar-refractivity contribution in [1.82, 2.24) is 15.2 Å². The molecule has 2 heterocycles. The van der Waals surface area contributed by atoms with Gasteiger partial charge in [0.15, 0.2) is 0 Å². The Morgan fingerprint density at radius 1 is 1.34 bits per heavy atom. The van der Waals surface area contributed by atoms with Gasteiger partial charge in [-0.15, -0.1) is 0 Å². The monoisotopic (exact) mass is 397 g/mol. The molecule has 3 rings (SSSR count). The molecule has 1 aromatic carbocycles. The third-order valence-electron chi connectivity index (χ3n) is 4.89. The van der Waals surface area contributed by atoms with Gasteiger partial charge in [0.25, 0.3) is 0 Å². The number of likely N-dealkylation sites (tertiary alicyclic amines) is 1. The van der Waals surface area contributed by atoms with E-state index in [1.165, 1.54) is 0 Å². The van der Waals surface area contributed by atoms with Crippen molar-refractivity contribution in [3.05, 3.63) is 53.7 Å². The van der Waals surface area contributed by atoms with E-state index in [0.29, 0.717) is 0 Å². The van der Waals surface area contributed by atoms with Gasteiger partial charge in [-0.2, -0.15) is 0 Å². The average molecular weight is 398 g/mol. The lowest BCUT2D eigenvalue weighted by Gasteiger charge is -2.22. The van der Waals surface area contributed by atoms with Crippen LogP contribution in [0, 0.1) is 0 Å². The molecule has 1 aliphatic rings. The Hall–Kier alpha value is -2.44. The molecule has 1 fully saturated rings. The molecule has 1 amide bonds. The number of ether oxygens (including phenoxy) is 1. The second-order valence-electron chi connectivity index (χ2n) is 8.72. The summed E-state index contributed by atoms with van der Waals surface area (Å²) in [6, 6.07) is 11.9. The molecule has 156 valence electrons. The maximum Gasteiger partial charge on any atom is 0.408 e. The number of alkyl carbamates (subject to hydrolysis) is 1. The number of nitrogens with zero attached hydrogens (tertiary/aromatic N) is 2. The molecule has 0 spiro atoms. The molecule has 2 aromatic rings. The second-order valence-corrected chi connectivity index (χ2v) is 8.72. The van der Waals surface area contributed by atoms with Gasteiger partial charge < -0.3 is 15.2 Å². The minimum atomic E-state index is -0.523. The summed E-state index contributed by atoms with van der Waals surface area (Å²) in [5, 5.41) is 12.5. The Bertz CT molecular complexity index is 830. The predicted molar refractivity (Wildman–Crippen MR) is 113 cm³/mol. The number of pyridine rings is 1. The summed E-state index contributed by atoms with van der Waals surface area (Å²) in [7, 11) is 0. The SMILES string of the molecule is CC(NC(=O)OC(C)(C)C)c1cccc(-c2ccc(CN3CC[C@H](O)C3)cn2)c1. The van der Waals surface area contributed by atoms with Crippen molar-refractivity contribution in [2.75, 3.05) is 13.1 Å². The van der Waals surface area contributed by atoms with Crippen molar-refractivity contribution in [3.8, 4) is 11.3 Å². The Labute approximate surface area is 172 Å². The molecule has 2 atom stereocenters. The first-order valence-corrected chi connectivity index (χ1v) is 10.1. The molecule has 1 aromatic heterocycles. The molecule has 1 saturated heterocycles. The lowest BCUT2D eigenvalue weighted by atomic mass is 10.0. The van der Waals surface area contributed by atoms with Crippen molar-refractivity contribution < 1.29 is 14.6 Å². The normalized spacial score (nSPS) is 18.4. The number of rotatable bonds is 5. The summed E-state index contributed by atoms with van der Waals surface area (Å²) in [5.74, 6) is 0. The lowest BCUT2D eigenvalue weighted by molar-refractivity contribution is 0.0508. The molecule has 2 N–H and O–H groups in total. The summed E-state index contributed by atoms with van der Waals surface area (Å²) in [6.07, 6.45) is 2.11. The van der Waals surface area contributed by atoms with Crippen LogP contribution in [0.3, 0.4) is 0 Å². The zero-order valence-electron chi connectivity index (χ0n) is 17.7. The highest BCUT2D eigenvalue weighted by Gasteiger charge is 2.20. The number of aliphatic hydroxyl groups is 1. The first kappa shape index (κ1) is 21.3. The number of nitrogens with one attached hydrogen (secondary N) is 1. The Balaban J connectivity index is 1.65. The van der Waals surface area contributed by atoms with Gasteiger partial charge in [-0.3, -0.25) is 9.88 Å². The van der Waals surface area contributed by atoms with Crippen LogP contribution in [0.1, 0.15) is 51.3 Å². The van der Waals surface area contributed by atoms with E-state index in [9.17, 15) is 9.90 Å². The Kier molecular flexibility index (Phi) is 6.55. The summed E-state index contributed by atoms with van der Waals surface area (Å²) in [4.78, 5) is 18.9. The highest BCUT2D eigenvalue weighted by molar-refractivity contribution is 5.68. The zero-order chi connectivity index (χ0) is 21.0. The molecular formula is C23H31N3O3. The van der Waals surface area contributed by atoms with Crippen LogP contribution in [0.15, 0.2) is 42.6 Å². The topological polar surface area (TPSA) is 74.7 Å². The van der Waals surface area contributed by atoms with E-state index in [1.807, 2.05) is 64.2 Å². The molecule has 6 heteroatoms. The number of aromatic nitrogens is 1. The number of β-amino-alcohol motifs (C(OH)–C–C–N with tert-alkyl or cyclic N) is 1. The largest absolute Gasteiger partial charge is 0.444 e. The minimum Gasteiger partial charge on any atom is -0.444 e. The van der Waals surface area contributed by atoms with Gasteiger partial charge in [0, 0.05) is 31.4 Å². The first-order valence-electron chi connectivity index (χ1n) is 10.1. The van der Waals surface area contributed by atoms with Crippen molar-refractivity contribution in [3.63, 3.8) is 0 Å². The maximum absolute atomic E-state index is 12.0. The van der Waals surface area contributed by atoms with Gasteiger partial charge in [0.1, 0.15) is 5.60 Å². The summed E-state index contributed by atoms with van der Waals surface area (Å²) < 4.78 is 5.34. The average Bonchev–Trinajstić information content (AvgIpc) is 3.05. The molecule has 1 unspecified atom stereocenters. The fraction of sp³-hybridized carbons (Fsp3) is 0.478. The number of hydrogen-bond acceptors (Lipinski definition) is 5. The summed E-state index contributed by atoms with van der Waals surface area (Å²) in [6.45, 7) is 9.93. The van der Waals surface area contributed by atoms with Crippen LogP contribution in [-0.2, 0) is 11.3 Å². The van der Waals surface area contributed by atoms with E-state index in [2.05, 4.69) is 21.3 Å². The molecular weight excluding hydrogens is 366 g/mol. The van der Waals surface area contributed by atoms with Crippen molar-refractivity contribution in [2.45, 2.75) is 58.4 Å².